The summed E-state index contributed by atoms with van der Waals surface area (Å²) in [6.07, 6.45) is 0.675. The van der Waals surface area contributed by atoms with Crippen LogP contribution in [0, 0.1) is 0 Å². The van der Waals surface area contributed by atoms with E-state index in [1.807, 2.05) is 42.5 Å². The normalized spacial score (nSPS) is 11.8. The molecule has 0 saturated heterocycles. The predicted octanol–water partition coefficient (Wildman–Crippen LogP) is 2.95. The van der Waals surface area contributed by atoms with Gasteiger partial charge in [-0.15, -0.1) is 0 Å². The molecule has 2 aromatic carbocycles. The minimum Gasteiger partial charge on any atom is -0.497 e. The van der Waals surface area contributed by atoms with Crippen LogP contribution < -0.4 is 19.9 Å². The lowest BCUT2D eigenvalue weighted by Crippen LogP contribution is -2.15. The Bertz CT molecular complexity index is 576. The fourth-order valence-corrected chi connectivity index (χ4v) is 2.40. The van der Waals surface area contributed by atoms with Crippen molar-refractivity contribution in [1.29, 1.82) is 0 Å². The first kappa shape index (κ1) is 15.2. The van der Waals surface area contributed by atoms with E-state index in [1.54, 1.807) is 21.3 Å². The third-order valence-electron chi connectivity index (χ3n) is 3.43. The molecule has 0 aliphatic heterocycles. The molecule has 0 radical (unpaired) electrons. The summed E-state index contributed by atoms with van der Waals surface area (Å²) >= 11 is 0. The summed E-state index contributed by atoms with van der Waals surface area (Å²) in [4.78, 5) is 0. The second-order valence-electron chi connectivity index (χ2n) is 4.74. The standard InChI is InChI=1S/C17H21NO3/c1-19-13-7-4-6-12(10-13)11-14(18)17-15(20-2)8-5-9-16(17)21-3/h4-10,14H,11,18H2,1-3H3. The average Bonchev–Trinajstić information content (AvgIpc) is 2.53. The zero-order chi connectivity index (χ0) is 15.2. The molecule has 0 aliphatic rings. The molecule has 0 spiro atoms. The minimum absolute atomic E-state index is 0.219. The van der Waals surface area contributed by atoms with Gasteiger partial charge >= 0.3 is 0 Å². The molecule has 2 aromatic rings. The first-order chi connectivity index (χ1) is 10.2. The van der Waals surface area contributed by atoms with Crippen molar-refractivity contribution in [3.63, 3.8) is 0 Å². The fraction of sp³-hybridized carbons (Fsp3) is 0.294. The maximum Gasteiger partial charge on any atom is 0.127 e. The van der Waals surface area contributed by atoms with Gasteiger partial charge in [-0.2, -0.15) is 0 Å². The van der Waals surface area contributed by atoms with Gasteiger partial charge in [0.1, 0.15) is 17.2 Å². The summed E-state index contributed by atoms with van der Waals surface area (Å²) < 4.78 is 16.1. The molecule has 112 valence electrons. The second kappa shape index (κ2) is 6.99. The summed E-state index contributed by atoms with van der Waals surface area (Å²) in [5, 5.41) is 0. The highest BCUT2D eigenvalue weighted by atomic mass is 16.5. The van der Waals surface area contributed by atoms with Gasteiger partial charge in [-0.3, -0.25) is 0 Å². The number of rotatable bonds is 6. The third kappa shape index (κ3) is 3.47. The largest absolute Gasteiger partial charge is 0.497 e. The Kier molecular flexibility index (Phi) is 5.06. The van der Waals surface area contributed by atoms with Crippen molar-refractivity contribution in [3.8, 4) is 17.2 Å². The van der Waals surface area contributed by atoms with Crippen molar-refractivity contribution in [2.45, 2.75) is 12.5 Å². The first-order valence-corrected chi connectivity index (χ1v) is 6.79. The van der Waals surface area contributed by atoms with Crippen LogP contribution in [0.25, 0.3) is 0 Å². The van der Waals surface area contributed by atoms with E-state index in [4.69, 9.17) is 19.9 Å². The lowest BCUT2D eigenvalue weighted by molar-refractivity contribution is 0.378. The molecule has 2 N–H and O–H groups in total. The van der Waals surface area contributed by atoms with Crippen LogP contribution in [0.1, 0.15) is 17.2 Å². The van der Waals surface area contributed by atoms with Crippen LogP contribution >= 0.6 is 0 Å². The van der Waals surface area contributed by atoms with Gasteiger partial charge in [0, 0.05) is 6.04 Å². The first-order valence-electron chi connectivity index (χ1n) is 6.79. The van der Waals surface area contributed by atoms with Crippen LogP contribution in [0.2, 0.25) is 0 Å². The van der Waals surface area contributed by atoms with Crippen molar-refractivity contribution in [2.24, 2.45) is 5.73 Å². The topological polar surface area (TPSA) is 53.7 Å². The second-order valence-corrected chi connectivity index (χ2v) is 4.74. The molecule has 0 saturated carbocycles. The highest BCUT2D eigenvalue weighted by molar-refractivity contribution is 5.47. The molecule has 0 aromatic heterocycles. The van der Waals surface area contributed by atoms with Crippen LogP contribution in [-0.2, 0) is 6.42 Å². The summed E-state index contributed by atoms with van der Waals surface area (Å²) in [7, 11) is 4.93. The molecule has 4 nitrogen and oxygen atoms in total. The van der Waals surface area contributed by atoms with Crippen molar-refractivity contribution < 1.29 is 14.2 Å². The smallest absolute Gasteiger partial charge is 0.127 e. The number of hydrogen-bond acceptors (Lipinski definition) is 4. The van der Waals surface area contributed by atoms with Crippen molar-refractivity contribution >= 4 is 0 Å². The molecule has 1 unspecified atom stereocenters. The molecule has 0 fully saturated rings. The van der Waals surface area contributed by atoms with Gasteiger partial charge in [0.05, 0.1) is 26.9 Å². The Balaban J connectivity index is 2.29. The maximum absolute atomic E-state index is 6.37. The quantitative estimate of drug-likeness (QED) is 0.887. The highest BCUT2D eigenvalue weighted by Gasteiger charge is 2.18. The van der Waals surface area contributed by atoms with Gasteiger partial charge in [-0.1, -0.05) is 18.2 Å². The van der Waals surface area contributed by atoms with Crippen molar-refractivity contribution in [3.05, 3.63) is 53.6 Å². The molecular formula is C17H21NO3. The van der Waals surface area contributed by atoms with Crippen LogP contribution in [-0.4, -0.2) is 21.3 Å². The SMILES string of the molecule is COc1cccc(CC(N)c2c(OC)cccc2OC)c1. The van der Waals surface area contributed by atoms with Gasteiger partial charge in [0.25, 0.3) is 0 Å². The highest BCUT2D eigenvalue weighted by Crippen LogP contribution is 2.34. The van der Waals surface area contributed by atoms with E-state index in [0.29, 0.717) is 6.42 Å². The summed E-state index contributed by atoms with van der Waals surface area (Å²) in [6, 6.07) is 13.3. The molecule has 0 amide bonds. The third-order valence-corrected chi connectivity index (χ3v) is 3.43. The average molecular weight is 287 g/mol. The number of methoxy groups -OCH3 is 3. The number of nitrogens with two attached hydrogens (primary N) is 1. The zero-order valence-corrected chi connectivity index (χ0v) is 12.6. The molecule has 0 bridgehead atoms. The maximum atomic E-state index is 6.37. The van der Waals surface area contributed by atoms with Crippen LogP contribution in [0.4, 0.5) is 0 Å². The summed E-state index contributed by atoms with van der Waals surface area (Å²) in [5.41, 5.74) is 8.36. The Morgan fingerprint density at radius 3 is 2.10 bits per heavy atom. The van der Waals surface area contributed by atoms with E-state index in [2.05, 4.69) is 0 Å². The van der Waals surface area contributed by atoms with E-state index < -0.39 is 0 Å². The van der Waals surface area contributed by atoms with Gasteiger partial charge in [-0.05, 0) is 36.2 Å². The van der Waals surface area contributed by atoms with E-state index in [0.717, 1.165) is 28.4 Å². The number of benzene rings is 2. The monoisotopic (exact) mass is 287 g/mol. The summed E-state index contributed by atoms with van der Waals surface area (Å²) in [5.74, 6) is 2.31. The Morgan fingerprint density at radius 1 is 0.905 bits per heavy atom. The van der Waals surface area contributed by atoms with E-state index >= 15 is 0 Å². The number of hydrogen-bond donors (Lipinski definition) is 1. The van der Waals surface area contributed by atoms with Gasteiger partial charge in [0.15, 0.2) is 0 Å². The lowest BCUT2D eigenvalue weighted by Gasteiger charge is -2.19. The van der Waals surface area contributed by atoms with Gasteiger partial charge in [0.2, 0.25) is 0 Å². The van der Waals surface area contributed by atoms with E-state index in [1.165, 1.54) is 0 Å². The Labute approximate surface area is 125 Å². The number of ether oxygens (including phenoxy) is 3. The molecule has 2 rings (SSSR count). The van der Waals surface area contributed by atoms with E-state index in [9.17, 15) is 0 Å². The molecule has 0 aliphatic carbocycles. The molecule has 21 heavy (non-hydrogen) atoms. The Morgan fingerprint density at radius 2 is 1.52 bits per heavy atom. The molecule has 4 heteroatoms. The van der Waals surface area contributed by atoms with Crippen molar-refractivity contribution in [2.75, 3.05) is 21.3 Å². The minimum atomic E-state index is -0.219. The summed E-state index contributed by atoms with van der Waals surface area (Å²) in [6.45, 7) is 0. The molecular weight excluding hydrogens is 266 g/mol. The van der Waals surface area contributed by atoms with Gasteiger partial charge in [-0.25, -0.2) is 0 Å². The van der Waals surface area contributed by atoms with E-state index in [-0.39, 0.29) is 6.04 Å². The lowest BCUT2D eigenvalue weighted by atomic mass is 9.98. The van der Waals surface area contributed by atoms with Crippen LogP contribution in [0.15, 0.2) is 42.5 Å². The van der Waals surface area contributed by atoms with Gasteiger partial charge < -0.3 is 19.9 Å². The molecule has 0 heterocycles. The van der Waals surface area contributed by atoms with Crippen molar-refractivity contribution in [1.82, 2.24) is 0 Å². The molecule has 1 atom stereocenters. The van der Waals surface area contributed by atoms with Crippen LogP contribution in [0.5, 0.6) is 17.2 Å². The van der Waals surface area contributed by atoms with Crippen LogP contribution in [0.3, 0.4) is 0 Å². The predicted molar refractivity (Wildman–Crippen MR) is 83.2 cm³/mol. The zero-order valence-electron chi connectivity index (χ0n) is 12.6. The fourth-order valence-electron chi connectivity index (χ4n) is 2.40. The Hall–Kier alpha value is -2.20.